The quantitative estimate of drug-likeness (QED) is 0.584. The molecule has 0 aliphatic rings. The molecule has 0 atom stereocenters. The lowest BCUT2D eigenvalue weighted by Gasteiger charge is -2.06. The fourth-order valence-corrected chi connectivity index (χ4v) is 1.24. The molecular weight excluding hydrogens is 244 g/mol. The molecule has 0 saturated heterocycles. The van der Waals surface area contributed by atoms with Gasteiger partial charge in [-0.15, -0.1) is 0 Å². The van der Waals surface area contributed by atoms with E-state index in [0.29, 0.717) is 0 Å². The van der Waals surface area contributed by atoms with Crippen LogP contribution in [0.1, 0.15) is 18.6 Å². The average molecular weight is 262 g/mol. The summed E-state index contributed by atoms with van der Waals surface area (Å²) in [5.41, 5.74) is 1.63. The van der Waals surface area contributed by atoms with Crippen LogP contribution in [-0.4, -0.2) is 11.9 Å². The van der Waals surface area contributed by atoms with Gasteiger partial charge in [-0.25, -0.2) is 9.59 Å². The Bertz CT molecular complexity index is 424. The summed E-state index contributed by atoms with van der Waals surface area (Å²) in [6, 6.07) is 7.23. The number of rotatable bonds is 6. The van der Waals surface area contributed by atoms with Gasteiger partial charge >= 0.3 is 11.9 Å². The summed E-state index contributed by atoms with van der Waals surface area (Å²) in [4.78, 5) is 21.8. The molecule has 0 N–H and O–H groups in total. The summed E-state index contributed by atoms with van der Waals surface area (Å²) >= 11 is 0. The summed E-state index contributed by atoms with van der Waals surface area (Å²) < 4.78 is 9.80. The van der Waals surface area contributed by atoms with Crippen molar-refractivity contribution in [3.05, 3.63) is 60.7 Å². The van der Waals surface area contributed by atoms with Crippen LogP contribution in [0.15, 0.2) is 49.6 Å². The molecule has 4 heteroatoms. The molecule has 0 bridgehead atoms. The van der Waals surface area contributed by atoms with Gasteiger partial charge in [0.1, 0.15) is 13.2 Å². The van der Waals surface area contributed by atoms with Gasteiger partial charge in [0, 0.05) is 12.2 Å². The third kappa shape index (κ3) is 6.21. The first-order chi connectivity index (χ1) is 8.65. The van der Waals surface area contributed by atoms with Gasteiger partial charge in [-0.2, -0.15) is 0 Å². The molecule has 0 heterocycles. The topological polar surface area (TPSA) is 52.6 Å². The van der Waals surface area contributed by atoms with E-state index in [4.69, 9.17) is 9.47 Å². The molecule has 0 amide bonds. The van der Waals surface area contributed by atoms with Gasteiger partial charge in [-0.1, -0.05) is 38.8 Å². The molecule has 0 unspecified atom stereocenters. The van der Waals surface area contributed by atoms with Crippen LogP contribution in [0, 0.1) is 0 Å². The van der Waals surface area contributed by atoms with E-state index in [-0.39, 0.29) is 20.6 Å². The van der Waals surface area contributed by atoms with Crippen LogP contribution < -0.4 is 0 Å². The normalized spacial score (nSPS) is 8.84. The lowest BCUT2D eigenvalue weighted by atomic mass is 10.1. The molecule has 0 spiro atoms. The first-order valence-electron chi connectivity index (χ1n) is 5.32. The van der Waals surface area contributed by atoms with Crippen LogP contribution in [0.2, 0.25) is 0 Å². The standard InChI is InChI=1S/C14H14O4.CH4/c1-3-13(15)17-9-11-6-5-7-12(8-11)10-18-14(16)4-2;/h3-8H,1-2,9-10H2;1H4. The van der Waals surface area contributed by atoms with Crippen molar-refractivity contribution in [2.45, 2.75) is 20.6 Å². The lowest BCUT2D eigenvalue weighted by Crippen LogP contribution is -2.02. The van der Waals surface area contributed by atoms with Crippen molar-refractivity contribution in [3.8, 4) is 0 Å². The van der Waals surface area contributed by atoms with Crippen LogP contribution in [0.25, 0.3) is 0 Å². The fourth-order valence-electron chi connectivity index (χ4n) is 1.24. The predicted octanol–water partition coefficient (Wildman–Crippen LogP) is 2.78. The van der Waals surface area contributed by atoms with Crippen molar-refractivity contribution in [2.75, 3.05) is 0 Å². The number of hydrogen-bond acceptors (Lipinski definition) is 4. The van der Waals surface area contributed by atoms with Gasteiger partial charge in [0.15, 0.2) is 0 Å². The highest BCUT2D eigenvalue weighted by Crippen LogP contribution is 2.08. The van der Waals surface area contributed by atoms with E-state index in [1.165, 1.54) is 0 Å². The molecular formula is C15H18O4. The summed E-state index contributed by atoms with van der Waals surface area (Å²) in [7, 11) is 0. The maximum absolute atomic E-state index is 10.9. The summed E-state index contributed by atoms with van der Waals surface area (Å²) in [5.74, 6) is -0.947. The molecule has 1 rings (SSSR count). The van der Waals surface area contributed by atoms with Gasteiger partial charge in [0.05, 0.1) is 0 Å². The molecule has 1 aromatic carbocycles. The van der Waals surface area contributed by atoms with Crippen molar-refractivity contribution in [2.24, 2.45) is 0 Å². The van der Waals surface area contributed by atoms with E-state index < -0.39 is 11.9 Å². The van der Waals surface area contributed by atoms with E-state index >= 15 is 0 Å². The van der Waals surface area contributed by atoms with E-state index in [1.807, 2.05) is 12.1 Å². The monoisotopic (exact) mass is 262 g/mol. The van der Waals surface area contributed by atoms with Gasteiger partial charge < -0.3 is 9.47 Å². The van der Waals surface area contributed by atoms with Crippen LogP contribution in [-0.2, 0) is 32.3 Å². The smallest absolute Gasteiger partial charge is 0.330 e. The van der Waals surface area contributed by atoms with Crippen molar-refractivity contribution in [1.29, 1.82) is 0 Å². The van der Waals surface area contributed by atoms with E-state index in [2.05, 4.69) is 13.2 Å². The van der Waals surface area contributed by atoms with Crippen molar-refractivity contribution in [3.63, 3.8) is 0 Å². The van der Waals surface area contributed by atoms with Crippen LogP contribution in [0.5, 0.6) is 0 Å². The Balaban J connectivity index is 0.00000324. The first kappa shape index (κ1) is 16.6. The summed E-state index contributed by atoms with van der Waals surface area (Å²) in [6.45, 7) is 6.94. The zero-order chi connectivity index (χ0) is 13.4. The van der Waals surface area contributed by atoms with Crippen LogP contribution >= 0.6 is 0 Å². The zero-order valence-electron chi connectivity index (χ0n) is 9.93. The van der Waals surface area contributed by atoms with Crippen molar-refractivity contribution in [1.82, 2.24) is 0 Å². The Morgan fingerprint density at radius 3 is 1.79 bits per heavy atom. The molecule has 0 radical (unpaired) electrons. The minimum atomic E-state index is -0.474. The minimum absolute atomic E-state index is 0. The maximum Gasteiger partial charge on any atom is 0.330 e. The molecule has 0 saturated carbocycles. The van der Waals surface area contributed by atoms with E-state index in [0.717, 1.165) is 23.3 Å². The Hall–Kier alpha value is -2.36. The van der Waals surface area contributed by atoms with Crippen molar-refractivity contribution >= 4 is 11.9 Å². The zero-order valence-corrected chi connectivity index (χ0v) is 9.93. The number of benzene rings is 1. The third-order valence-corrected chi connectivity index (χ3v) is 2.09. The molecule has 0 aromatic heterocycles. The molecule has 102 valence electrons. The van der Waals surface area contributed by atoms with Crippen molar-refractivity contribution < 1.29 is 19.1 Å². The molecule has 19 heavy (non-hydrogen) atoms. The predicted molar refractivity (Wildman–Crippen MR) is 73.2 cm³/mol. The molecule has 1 aromatic rings. The fraction of sp³-hybridized carbons (Fsp3) is 0.200. The first-order valence-corrected chi connectivity index (χ1v) is 5.32. The lowest BCUT2D eigenvalue weighted by molar-refractivity contribution is -0.139. The highest BCUT2D eigenvalue weighted by Gasteiger charge is 2.01. The van der Waals surface area contributed by atoms with Gasteiger partial charge in [0.2, 0.25) is 0 Å². The van der Waals surface area contributed by atoms with E-state index in [9.17, 15) is 9.59 Å². The SMILES string of the molecule is C.C=CC(=O)OCc1cccc(COC(=O)C=C)c1. The number of esters is 2. The second-order valence-corrected chi connectivity index (χ2v) is 3.44. The van der Waals surface area contributed by atoms with E-state index in [1.54, 1.807) is 12.1 Å². The molecule has 4 nitrogen and oxygen atoms in total. The molecule has 0 fully saturated rings. The molecule has 0 aliphatic carbocycles. The Labute approximate surface area is 113 Å². The number of carbonyl (C=O) groups excluding carboxylic acids is 2. The average Bonchev–Trinajstić information content (AvgIpc) is 2.42. The second kappa shape index (κ2) is 8.69. The highest BCUT2D eigenvalue weighted by molar-refractivity contribution is 5.81. The Morgan fingerprint density at radius 1 is 1.00 bits per heavy atom. The molecule has 0 aliphatic heterocycles. The third-order valence-electron chi connectivity index (χ3n) is 2.09. The summed E-state index contributed by atoms with van der Waals surface area (Å²) in [5, 5.41) is 0. The second-order valence-electron chi connectivity index (χ2n) is 3.44. The van der Waals surface area contributed by atoms with Gasteiger partial charge in [-0.05, 0) is 17.2 Å². The number of carbonyl (C=O) groups is 2. The van der Waals surface area contributed by atoms with Gasteiger partial charge in [-0.3, -0.25) is 0 Å². The Kier molecular flexibility index (Phi) is 7.61. The highest BCUT2D eigenvalue weighted by atomic mass is 16.5. The summed E-state index contributed by atoms with van der Waals surface area (Å²) in [6.07, 6.45) is 2.21. The van der Waals surface area contributed by atoms with Crippen LogP contribution in [0.3, 0.4) is 0 Å². The van der Waals surface area contributed by atoms with Gasteiger partial charge in [0.25, 0.3) is 0 Å². The largest absolute Gasteiger partial charge is 0.458 e. The minimum Gasteiger partial charge on any atom is -0.458 e. The van der Waals surface area contributed by atoms with Crippen LogP contribution in [0.4, 0.5) is 0 Å². The number of ether oxygens (including phenoxy) is 2. The number of hydrogen-bond donors (Lipinski definition) is 0. The maximum atomic E-state index is 10.9. The Morgan fingerprint density at radius 2 is 1.42 bits per heavy atom.